The summed E-state index contributed by atoms with van der Waals surface area (Å²) in [5.74, 6) is -3.30. The zero-order chi connectivity index (χ0) is 11.1. The first-order chi connectivity index (χ1) is 6.50. The quantitative estimate of drug-likeness (QED) is 0.358. The van der Waals surface area contributed by atoms with Crippen molar-refractivity contribution < 1.29 is 19.1 Å². The van der Waals surface area contributed by atoms with Crippen molar-refractivity contribution in [3.8, 4) is 6.07 Å². The molecule has 0 aliphatic rings. The van der Waals surface area contributed by atoms with Gasteiger partial charge in [0.2, 0.25) is 0 Å². The number of esters is 1. The van der Waals surface area contributed by atoms with Gasteiger partial charge in [-0.05, 0) is 13.8 Å². The second kappa shape index (κ2) is 5.86. The summed E-state index contributed by atoms with van der Waals surface area (Å²) >= 11 is 0. The smallest absolute Gasteiger partial charge is 0.324 e. The third-order valence-electron chi connectivity index (χ3n) is 1.51. The van der Waals surface area contributed by atoms with Crippen LogP contribution in [0.1, 0.15) is 20.3 Å². The predicted octanol–water partition coefficient (Wildman–Crippen LogP) is 0.237. The Bertz CT molecular complexity index is 276. The summed E-state index contributed by atoms with van der Waals surface area (Å²) in [6, 6.07) is 1.77. The molecule has 0 heterocycles. The molecule has 0 amide bonds. The van der Waals surface area contributed by atoms with Crippen LogP contribution in [-0.2, 0) is 19.1 Å². The topological polar surface area (TPSA) is 84.2 Å². The maximum atomic E-state index is 11.1. The van der Waals surface area contributed by atoms with Crippen LogP contribution < -0.4 is 0 Å². The highest BCUT2D eigenvalue weighted by atomic mass is 16.5. The van der Waals surface area contributed by atoms with Crippen LogP contribution >= 0.6 is 0 Å². The molecule has 0 bridgehead atoms. The lowest BCUT2D eigenvalue weighted by molar-refractivity contribution is -0.154. The van der Waals surface area contributed by atoms with Crippen LogP contribution in [0.4, 0.5) is 0 Å². The maximum absolute atomic E-state index is 11.1. The second-order valence-electron chi connectivity index (χ2n) is 2.73. The molecule has 0 aromatic carbocycles. The molecule has 0 unspecified atom stereocenters. The van der Waals surface area contributed by atoms with Crippen molar-refractivity contribution in [2.45, 2.75) is 20.3 Å². The predicted molar refractivity (Wildman–Crippen MR) is 46.0 cm³/mol. The van der Waals surface area contributed by atoms with Crippen LogP contribution in [0, 0.1) is 17.2 Å². The third-order valence-corrected chi connectivity index (χ3v) is 1.51. The van der Waals surface area contributed by atoms with Gasteiger partial charge in [-0.1, -0.05) is 0 Å². The Labute approximate surface area is 81.6 Å². The molecule has 0 aromatic heterocycles. The summed E-state index contributed by atoms with van der Waals surface area (Å²) in [6.07, 6.45) is 0.0499. The monoisotopic (exact) mass is 197 g/mol. The lowest BCUT2D eigenvalue weighted by Crippen LogP contribution is -2.30. The van der Waals surface area contributed by atoms with Gasteiger partial charge < -0.3 is 4.74 Å². The number of nitrogens with zero attached hydrogens (tertiary/aromatic N) is 1. The zero-order valence-electron chi connectivity index (χ0n) is 8.07. The number of carbonyl (C=O) groups is 3. The summed E-state index contributed by atoms with van der Waals surface area (Å²) in [4.78, 5) is 32.9. The van der Waals surface area contributed by atoms with E-state index in [9.17, 15) is 14.4 Å². The first-order valence-electron chi connectivity index (χ1n) is 4.05. The van der Waals surface area contributed by atoms with Gasteiger partial charge in [-0.15, -0.1) is 0 Å². The Hall–Kier alpha value is -1.70. The first-order valence-corrected chi connectivity index (χ1v) is 4.05. The average Bonchev–Trinajstić information content (AvgIpc) is 2.03. The normalized spacial score (nSPS) is 9.29. The minimum atomic E-state index is -1.34. The number of rotatable bonds is 5. The summed E-state index contributed by atoms with van der Waals surface area (Å²) < 4.78 is 4.56. The van der Waals surface area contributed by atoms with Gasteiger partial charge in [-0.3, -0.25) is 14.4 Å². The Kier molecular flexibility index (Phi) is 5.15. The number of hydrogen-bond acceptors (Lipinski definition) is 5. The highest BCUT2D eigenvalue weighted by Crippen LogP contribution is 2.03. The maximum Gasteiger partial charge on any atom is 0.324 e. The van der Waals surface area contributed by atoms with E-state index in [0.29, 0.717) is 0 Å². The fourth-order valence-corrected chi connectivity index (χ4v) is 0.899. The van der Waals surface area contributed by atoms with E-state index < -0.39 is 23.5 Å². The highest BCUT2D eigenvalue weighted by molar-refractivity contribution is 6.15. The summed E-state index contributed by atoms with van der Waals surface area (Å²) in [5, 5.41) is 8.16. The number of hydrogen-bond donors (Lipinski definition) is 0. The molecule has 0 atom stereocenters. The van der Waals surface area contributed by atoms with Gasteiger partial charge in [0.1, 0.15) is 6.61 Å². The van der Waals surface area contributed by atoms with Crippen LogP contribution in [0.2, 0.25) is 0 Å². The van der Waals surface area contributed by atoms with Crippen molar-refractivity contribution in [1.29, 1.82) is 5.26 Å². The molecular formula is C9H11NO4. The Morgan fingerprint density at radius 2 is 1.79 bits per heavy atom. The Balaban J connectivity index is 4.26. The molecule has 5 heteroatoms. The minimum absolute atomic E-state index is 0.0499. The zero-order valence-corrected chi connectivity index (χ0v) is 8.07. The van der Waals surface area contributed by atoms with Gasteiger partial charge in [0.05, 0.1) is 12.5 Å². The van der Waals surface area contributed by atoms with Crippen LogP contribution in [-0.4, -0.2) is 24.1 Å². The van der Waals surface area contributed by atoms with Crippen molar-refractivity contribution in [2.24, 2.45) is 5.92 Å². The van der Waals surface area contributed by atoms with E-state index in [1.54, 1.807) is 6.07 Å². The molecule has 0 N–H and O–H groups in total. The van der Waals surface area contributed by atoms with E-state index in [1.807, 2.05) is 0 Å². The SMILES string of the molecule is CC(=O)C(C(C)=O)C(=O)OCCC#N. The minimum Gasteiger partial charge on any atom is -0.464 e. The molecule has 5 nitrogen and oxygen atoms in total. The first kappa shape index (κ1) is 12.3. The van der Waals surface area contributed by atoms with Crippen molar-refractivity contribution in [2.75, 3.05) is 6.61 Å². The summed E-state index contributed by atoms with van der Waals surface area (Å²) in [5.41, 5.74) is 0. The standard InChI is InChI=1S/C9H11NO4/c1-6(11)8(7(2)12)9(13)14-5-3-4-10/h8H,3,5H2,1-2H3. The molecular weight excluding hydrogens is 186 g/mol. The summed E-state index contributed by atoms with van der Waals surface area (Å²) in [7, 11) is 0. The van der Waals surface area contributed by atoms with Crippen LogP contribution in [0.5, 0.6) is 0 Å². The van der Waals surface area contributed by atoms with E-state index >= 15 is 0 Å². The number of carbonyl (C=O) groups excluding carboxylic acids is 3. The van der Waals surface area contributed by atoms with Crippen molar-refractivity contribution in [1.82, 2.24) is 0 Å². The number of nitriles is 1. The lowest BCUT2D eigenvalue weighted by Gasteiger charge is -2.08. The van der Waals surface area contributed by atoms with Crippen LogP contribution in [0.15, 0.2) is 0 Å². The van der Waals surface area contributed by atoms with Crippen LogP contribution in [0.3, 0.4) is 0 Å². The van der Waals surface area contributed by atoms with Gasteiger partial charge in [0.25, 0.3) is 0 Å². The van der Waals surface area contributed by atoms with Gasteiger partial charge >= 0.3 is 5.97 Å². The largest absolute Gasteiger partial charge is 0.464 e. The molecule has 0 saturated carbocycles. The van der Waals surface area contributed by atoms with E-state index in [4.69, 9.17) is 5.26 Å². The molecule has 14 heavy (non-hydrogen) atoms. The van der Waals surface area contributed by atoms with Crippen molar-refractivity contribution in [3.63, 3.8) is 0 Å². The molecule has 76 valence electrons. The molecule has 0 rings (SSSR count). The summed E-state index contributed by atoms with van der Waals surface area (Å²) in [6.45, 7) is 2.21. The van der Waals surface area contributed by atoms with E-state index in [0.717, 1.165) is 13.8 Å². The molecule has 0 fully saturated rings. The van der Waals surface area contributed by atoms with Gasteiger partial charge in [-0.25, -0.2) is 0 Å². The fraction of sp³-hybridized carbons (Fsp3) is 0.556. The van der Waals surface area contributed by atoms with E-state index in [2.05, 4.69) is 4.74 Å². The Morgan fingerprint density at radius 3 is 2.14 bits per heavy atom. The number of ether oxygens (including phenoxy) is 1. The highest BCUT2D eigenvalue weighted by Gasteiger charge is 2.29. The van der Waals surface area contributed by atoms with Gasteiger partial charge in [0, 0.05) is 0 Å². The molecule has 0 aliphatic carbocycles. The third kappa shape index (κ3) is 3.81. The fourth-order valence-electron chi connectivity index (χ4n) is 0.899. The molecule has 0 spiro atoms. The molecule has 0 saturated heterocycles. The second-order valence-corrected chi connectivity index (χ2v) is 2.73. The molecule has 0 radical (unpaired) electrons. The number of ketones is 2. The lowest BCUT2D eigenvalue weighted by atomic mass is 10.0. The molecule has 0 aliphatic heterocycles. The van der Waals surface area contributed by atoms with Gasteiger partial charge in [0.15, 0.2) is 17.5 Å². The van der Waals surface area contributed by atoms with Gasteiger partial charge in [-0.2, -0.15) is 5.26 Å². The number of Topliss-reactive ketones (excluding diaryl/α,β-unsaturated/α-hetero) is 2. The van der Waals surface area contributed by atoms with Crippen LogP contribution in [0.25, 0.3) is 0 Å². The van der Waals surface area contributed by atoms with Crippen molar-refractivity contribution in [3.05, 3.63) is 0 Å². The Morgan fingerprint density at radius 1 is 1.29 bits per heavy atom. The van der Waals surface area contributed by atoms with E-state index in [-0.39, 0.29) is 13.0 Å². The van der Waals surface area contributed by atoms with E-state index in [1.165, 1.54) is 0 Å². The van der Waals surface area contributed by atoms with Crippen molar-refractivity contribution >= 4 is 17.5 Å². The average molecular weight is 197 g/mol. The molecule has 0 aromatic rings.